The molecule has 4 heterocycles. The SMILES string of the molecule is Cc1ccc2c(=O)c(C(=O)NC(C(=O)NC3C(=O)N4C3SC(C)(C)C4C(=O)O)c3ccccc3)cn3c2c1CC3C. The van der Waals surface area contributed by atoms with Crippen LogP contribution in [0.5, 0.6) is 0 Å². The van der Waals surface area contributed by atoms with E-state index in [1.54, 1.807) is 56.4 Å². The molecule has 2 saturated heterocycles. The van der Waals surface area contributed by atoms with Crippen LogP contribution in [-0.4, -0.2) is 60.5 Å². The number of β-lactam (4-membered cyclic amide) rings is 1. The highest BCUT2D eigenvalue weighted by atomic mass is 32.2. The number of nitrogens with one attached hydrogen (secondary N) is 2. The number of rotatable bonds is 6. The molecule has 0 spiro atoms. The summed E-state index contributed by atoms with van der Waals surface area (Å²) in [5, 5.41) is 15.1. The van der Waals surface area contributed by atoms with Crippen LogP contribution in [-0.2, 0) is 20.8 Å². The molecule has 212 valence electrons. The number of thioether (sulfide) groups is 1. The Morgan fingerprint density at radius 1 is 1.10 bits per heavy atom. The van der Waals surface area contributed by atoms with Gasteiger partial charge in [-0.3, -0.25) is 19.2 Å². The number of fused-ring (bicyclic) bond motifs is 1. The molecule has 5 unspecified atom stereocenters. The van der Waals surface area contributed by atoms with Crippen LogP contribution in [0.4, 0.5) is 0 Å². The molecule has 0 saturated carbocycles. The maximum Gasteiger partial charge on any atom is 0.327 e. The Kier molecular flexibility index (Phi) is 6.25. The Labute approximate surface area is 240 Å². The van der Waals surface area contributed by atoms with Crippen molar-refractivity contribution in [3.63, 3.8) is 0 Å². The molecule has 11 heteroatoms. The van der Waals surface area contributed by atoms with Gasteiger partial charge in [0.1, 0.15) is 29.1 Å². The van der Waals surface area contributed by atoms with Crippen molar-refractivity contribution in [2.24, 2.45) is 0 Å². The zero-order chi connectivity index (χ0) is 29.4. The smallest absolute Gasteiger partial charge is 0.327 e. The number of benzene rings is 2. The Morgan fingerprint density at radius 3 is 2.49 bits per heavy atom. The van der Waals surface area contributed by atoms with Crippen molar-refractivity contribution in [3.8, 4) is 0 Å². The van der Waals surface area contributed by atoms with Gasteiger partial charge in [-0.25, -0.2) is 4.79 Å². The lowest BCUT2D eigenvalue weighted by Crippen LogP contribution is -2.71. The Hall–Kier alpha value is -4.12. The maximum absolute atomic E-state index is 13.6. The van der Waals surface area contributed by atoms with Crippen LogP contribution >= 0.6 is 11.8 Å². The molecule has 3 aliphatic heterocycles. The highest BCUT2D eigenvalue weighted by Gasteiger charge is 2.64. The fraction of sp³-hybridized carbons (Fsp3) is 0.367. The molecule has 3 aliphatic rings. The van der Waals surface area contributed by atoms with Crippen LogP contribution < -0.4 is 16.1 Å². The van der Waals surface area contributed by atoms with E-state index < -0.39 is 57.4 Å². The van der Waals surface area contributed by atoms with Gasteiger partial charge in [0.2, 0.25) is 17.2 Å². The minimum Gasteiger partial charge on any atom is -0.480 e. The second-order valence-electron chi connectivity index (χ2n) is 11.5. The van der Waals surface area contributed by atoms with Crippen molar-refractivity contribution >= 4 is 46.4 Å². The minimum absolute atomic E-state index is 0.0596. The van der Waals surface area contributed by atoms with Gasteiger partial charge in [-0.1, -0.05) is 36.4 Å². The fourth-order valence-corrected chi connectivity index (χ4v) is 7.95. The first-order valence-corrected chi connectivity index (χ1v) is 14.3. The quantitative estimate of drug-likeness (QED) is 0.385. The van der Waals surface area contributed by atoms with Crippen molar-refractivity contribution in [2.75, 3.05) is 0 Å². The third kappa shape index (κ3) is 4.13. The standard InChI is InChI=1S/C30H30N4O6S/c1-14-10-11-17-22-18(14)12-15(2)33(22)13-19(23(17)35)25(36)31-20(16-8-6-5-7-9-16)26(37)32-21-27(38)34-24(29(39)40)30(3,4)41-28(21)34/h5-11,13,15,20-21,24,28H,12H2,1-4H3,(H,31,36)(H,32,37)(H,39,40). The summed E-state index contributed by atoms with van der Waals surface area (Å²) in [5.41, 5.74) is 3.01. The molecule has 1 aromatic heterocycles. The Balaban J connectivity index is 1.30. The van der Waals surface area contributed by atoms with E-state index in [1.165, 1.54) is 16.7 Å². The number of amides is 3. The van der Waals surface area contributed by atoms with E-state index in [0.717, 1.165) is 23.1 Å². The van der Waals surface area contributed by atoms with E-state index >= 15 is 0 Å². The van der Waals surface area contributed by atoms with Crippen molar-refractivity contribution in [1.82, 2.24) is 20.1 Å². The number of carboxylic acid groups (broad SMARTS) is 1. The van der Waals surface area contributed by atoms with E-state index in [9.17, 15) is 29.1 Å². The molecular formula is C30H30N4O6S. The van der Waals surface area contributed by atoms with Gasteiger partial charge in [-0.15, -0.1) is 11.8 Å². The summed E-state index contributed by atoms with van der Waals surface area (Å²) >= 11 is 1.32. The molecule has 10 nitrogen and oxygen atoms in total. The predicted octanol–water partition coefficient (Wildman–Crippen LogP) is 2.53. The molecule has 0 bridgehead atoms. The first-order chi connectivity index (χ1) is 19.4. The molecule has 2 fully saturated rings. The second kappa shape index (κ2) is 9.47. The van der Waals surface area contributed by atoms with Crippen molar-refractivity contribution in [1.29, 1.82) is 0 Å². The molecule has 3 aromatic rings. The van der Waals surface area contributed by atoms with E-state index in [2.05, 4.69) is 10.6 Å². The fourth-order valence-electron chi connectivity index (χ4n) is 6.32. The molecule has 6 rings (SSSR count). The van der Waals surface area contributed by atoms with Crippen LogP contribution in [0.2, 0.25) is 0 Å². The first kappa shape index (κ1) is 27.1. The predicted molar refractivity (Wildman–Crippen MR) is 154 cm³/mol. The number of aromatic nitrogens is 1. The normalized spacial score (nSPS) is 24.5. The summed E-state index contributed by atoms with van der Waals surface area (Å²) in [6.07, 6.45) is 2.32. The summed E-state index contributed by atoms with van der Waals surface area (Å²) < 4.78 is 1.21. The zero-order valence-corrected chi connectivity index (χ0v) is 23.8. The molecule has 2 aromatic carbocycles. The number of nitrogens with zero attached hydrogens (tertiary/aromatic N) is 2. The third-order valence-corrected chi connectivity index (χ3v) is 9.97. The van der Waals surface area contributed by atoms with Crippen molar-refractivity contribution < 1.29 is 24.3 Å². The molecule has 3 N–H and O–H groups in total. The number of aryl methyl sites for hydroxylation is 1. The zero-order valence-electron chi connectivity index (χ0n) is 23.0. The van der Waals surface area contributed by atoms with Crippen LogP contribution in [0.1, 0.15) is 59.9 Å². The summed E-state index contributed by atoms with van der Waals surface area (Å²) in [7, 11) is 0. The van der Waals surface area contributed by atoms with Crippen LogP contribution in [0.3, 0.4) is 0 Å². The second-order valence-corrected chi connectivity index (χ2v) is 13.3. The molecule has 0 radical (unpaired) electrons. The maximum atomic E-state index is 13.6. The van der Waals surface area contributed by atoms with E-state index in [0.29, 0.717) is 10.9 Å². The average Bonchev–Trinajstić information content (AvgIpc) is 3.40. The summed E-state index contributed by atoms with van der Waals surface area (Å²) in [4.78, 5) is 66.9. The number of hydrogen-bond donors (Lipinski definition) is 3. The van der Waals surface area contributed by atoms with Gasteiger partial charge in [0.15, 0.2) is 0 Å². The van der Waals surface area contributed by atoms with E-state index in [4.69, 9.17) is 0 Å². The van der Waals surface area contributed by atoms with Crippen molar-refractivity contribution in [3.05, 3.63) is 81.1 Å². The van der Waals surface area contributed by atoms with Crippen LogP contribution in [0.15, 0.2) is 53.5 Å². The molecular weight excluding hydrogens is 544 g/mol. The van der Waals surface area contributed by atoms with Crippen molar-refractivity contribution in [2.45, 2.75) is 68.4 Å². The van der Waals surface area contributed by atoms with Crippen LogP contribution in [0, 0.1) is 6.92 Å². The Morgan fingerprint density at radius 2 is 1.80 bits per heavy atom. The lowest BCUT2D eigenvalue weighted by Gasteiger charge is -2.44. The number of carbonyl (C=O) groups is 4. The number of carboxylic acids is 1. The minimum atomic E-state index is -1.19. The number of aliphatic carboxylic acids is 1. The summed E-state index contributed by atoms with van der Waals surface area (Å²) in [6.45, 7) is 7.55. The lowest BCUT2D eigenvalue weighted by atomic mass is 9.95. The molecule has 0 aliphatic carbocycles. The highest BCUT2D eigenvalue weighted by Crippen LogP contribution is 2.50. The first-order valence-electron chi connectivity index (χ1n) is 13.5. The third-order valence-electron chi connectivity index (χ3n) is 8.39. The lowest BCUT2D eigenvalue weighted by molar-refractivity contribution is -0.161. The van der Waals surface area contributed by atoms with Gasteiger partial charge in [-0.05, 0) is 56.9 Å². The van der Waals surface area contributed by atoms with Gasteiger partial charge < -0.3 is 25.2 Å². The van der Waals surface area contributed by atoms with E-state index in [-0.39, 0.29) is 11.6 Å². The molecule has 3 amide bonds. The monoisotopic (exact) mass is 574 g/mol. The topological polar surface area (TPSA) is 138 Å². The largest absolute Gasteiger partial charge is 0.480 e. The van der Waals surface area contributed by atoms with Gasteiger partial charge >= 0.3 is 5.97 Å². The van der Waals surface area contributed by atoms with E-state index in [1.807, 2.05) is 24.5 Å². The van der Waals surface area contributed by atoms with Crippen LogP contribution in [0.25, 0.3) is 10.9 Å². The van der Waals surface area contributed by atoms with Gasteiger partial charge in [0.25, 0.3) is 5.91 Å². The van der Waals surface area contributed by atoms with Gasteiger partial charge in [0.05, 0.1) is 5.52 Å². The van der Waals surface area contributed by atoms with Gasteiger partial charge in [-0.2, -0.15) is 0 Å². The number of pyridine rings is 1. The number of hydrogen-bond acceptors (Lipinski definition) is 6. The summed E-state index contributed by atoms with van der Waals surface area (Å²) in [5.74, 6) is -2.91. The number of carbonyl (C=O) groups excluding carboxylic acids is 3. The average molecular weight is 575 g/mol. The van der Waals surface area contributed by atoms with Gasteiger partial charge in [0, 0.05) is 22.4 Å². The molecule has 5 atom stereocenters. The summed E-state index contributed by atoms with van der Waals surface area (Å²) in [6, 6.07) is 9.13. The Bertz CT molecular complexity index is 1700. The molecule has 41 heavy (non-hydrogen) atoms. The highest BCUT2D eigenvalue weighted by molar-refractivity contribution is 8.01.